The number of likely N-dealkylation sites (tertiary alicyclic amines) is 1. The van der Waals surface area contributed by atoms with Gasteiger partial charge in [0, 0.05) is 19.6 Å². The zero-order valence-electron chi connectivity index (χ0n) is 11.9. The SMILES string of the molecule is CSCCCCCCNC(=O)N1CCC(C)CC1. The van der Waals surface area contributed by atoms with Gasteiger partial charge < -0.3 is 10.2 Å². The molecule has 4 heteroatoms. The number of carbonyl (C=O) groups excluding carboxylic acids is 1. The Hall–Kier alpha value is -0.380. The van der Waals surface area contributed by atoms with Gasteiger partial charge in [-0.2, -0.15) is 11.8 Å². The first-order valence-electron chi connectivity index (χ1n) is 7.25. The van der Waals surface area contributed by atoms with Crippen molar-refractivity contribution in [3.05, 3.63) is 0 Å². The highest BCUT2D eigenvalue weighted by molar-refractivity contribution is 7.98. The molecule has 0 bridgehead atoms. The van der Waals surface area contributed by atoms with Crippen molar-refractivity contribution >= 4 is 17.8 Å². The van der Waals surface area contributed by atoms with Crippen molar-refractivity contribution in [2.75, 3.05) is 31.6 Å². The van der Waals surface area contributed by atoms with E-state index in [1.807, 2.05) is 16.7 Å². The molecule has 0 spiro atoms. The van der Waals surface area contributed by atoms with E-state index in [-0.39, 0.29) is 6.03 Å². The van der Waals surface area contributed by atoms with Crippen molar-refractivity contribution in [1.82, 2.24) is 10.2 Å². The van der Waals surface area contributed by atoms with E-state index in [1.165, 1.54) is 25.0 Å². The standard InChI is InChI=1S/C14H28N2OS/c1-13-7-10-16(11-8-13)14(17)15-9-5-3-4-6-12-18-2/h13H,3-12H2,1-2H3,(H,15,17). The Kier molecular flexibility index (Phi) is 8.31. The third-order valence-electron chi connectivity index (χ3n) is 3.62. The first-order chi connectivity index (χ1) is 8.74. The van der Waals surface area contributed by atoms with Crippen LogP contribution in [-0.2, 0) is 0 Å². The summed E-state index contributed by atoms with van der Waals surface area (Å²) in [5.74, 6) is 2.05. The van der Waals surface area contributed by atoms with Gasteiger partial charge in [-0.05, 0) is 43.6 Å². The second-order valence-corrected chi connectivity index (χ2v) is 6.29. The van der Waals surface area contributed by atoms with E-state index < -0.39 is 0 Å². The maximum Gasteiger partial charge on any atom is 0.317 e. The van der Waals surface area contributed by atoms with Gasteiger partial charge in [-0.1, -0.05) is 19.8 Å². The highest BCUT2D eigenvalue weighted by atomic mass is 32.2. The lowest BCUT2D eigenvalue weighted by Crippen LogP contribution is -2.44. The largest absolute Gasteiger partial charge is 0.338 e. The van der Waals surface area contributed by atoms with Crippen LogP contribution in [0, 0.1) is 5.92 Å². The molecule has 0 atom stereocenters. The smallest absolute Gasteiger partial charge is 0.317 e. The molecular formula is C14H28N2OS. The fraction of sp³-hybridized carbons (Fsp3) is 0.929. The van der Waals surface area contributed by atoms with Gasteiger partial charge in [0.25, 0.3) is 0 Å². The Morgan fingerprint density at radius 2 is 1.89 bits per heavy atom. The summed E-state index contributed by atoms with van der Waals surface area (Å²) < 4.78 is 0. The van der Waals surface area contributed by atoms with Gasteiger partial charge in [0.15, 0.2) is 0 Å². The van der Waals surface area contributed by atoms with Gasteiger partial charge in [0.05, 0.1) is 0 Å². The van der Waals surface area contributed by atoms with Gasteiger partial charge in [-0.15, -0.1) is 0 Å². The predicted molar refractivity (Wildman–Crippen MR) is 80.2 cm³/mol. The molecule has 1 heterocycles. The molecule has 18 heavy (non-hydrogen) atoms. The van der Waals surface area contributed by atoms with Crippen LogP contribution in [0.15, 0.2) is 0 Å². The van der Waals surface area contributed by atoms with Gasteiger partial charge in [-0.25, -0.2) is 4.79 Å². The van der Waals surface area contributed by atoms with Crippen LogP contribution in [0.5, 0.6) is 0 Å². The first-order valence-corrected chi connectivity index (χ1v) is 8.65. The van der Waals surface area contributed by atoms with Crippen LogP contribution in [0.2, 0.25) is 0 Å². The number of thioether (sulfide) groups is 1. The van der Waals surface area contributed by atoms with Crippen molar-refractivity contribution in [3.63, 3.8) is 0 Å². The maximum absolute atomic E-state index is 11.9. The monoisotopic (exact) mass is 272 g/mol. The van der Waals surface area contributed by atoms with Crippen LogP contribution in [0.3, 0.4) is 0 Å². The summed E-state index contributed by atoms with van der Waals surface area (Å²) >= 11 is 1.91. The molecule has 1 aliphatic rings. The molecule has 2 amide bonds. The topological polar surface area (TPSA) is 32.3 Å². The van der Waals surface area contributed by atoms with Crippen LogP contribution < -0.4 is 5.32 Å². The van der Waals surface area contributed by atoms with Crippen molar-refractivity contribution < 1.29 is 4.79 Å². The predicted octanol–water partition coefficient (Wildman–Crippen LogP) is 3.35. The molecule has 0 aliphatic carbocycles. The molecule has 106 valence electrons. The normalized spacial score (nSPS) is 16.9. The minimum Gasteiger partial charge on any atom is -0.338 e. The molecule has 1 aliphatic heterocycles. The Balaban J connectivity index is 1.96. The van der Waals surface area contributed by atoms with E-state index in [0.29, 0.717) is 0 Å². The van der Waals surface area contributed by atoms with Crippen molar-refractivity contribution in [2.45, 2.75) is 45.4 Å². The van der Waals surface area contributed by atoms with Crippen LogP contribution in [0.4, 0.5) is 4.79 Å². The third-order valence-corrected chi connectivity index (χ3v) is 4.32. The third kappa shape index (κ3) is 6.53. The summed E-state index contributed by atoms with van der Waals surface area (Å²) in [5.41, 5.74) is 0. The van der Waals surface area contributed by atoms with Crippen molar-refractivity contribution in [2.24, 2.45) is 5.92 Å². The average molecular weight is 272 g/mol. The summed E-state index contributed by atoms with van der Waals surface area (Å²) in [6, 6.07) is 0.144. The number of nitrogens with one attached hydrogen (secondary N) is 1. The molecule has 1 rings (SSSR count). The fourth-order valence-electron chi connectivity index (χ4n) is 2.24. The number of unbranched alkanes of at least 4 members (excludes halogenated alkanes) is 3. The summed E-state index contributed by atoms with van der Waals surface area (Å²) in [4.78, 5) is 13.8. The minimum absolute atomic E-state index is 0.144. The van der Waals surface area contributed by atoms with Gasteiger partial charge in [0.1, 0.15) is 0 Å². The second kappa shape index (κ2) is 9.54. The molecule has 1 fully saturated rings. The molecule has 0 unspecified atom stereocenters. The van der Waals surface area contributed by atoms with Crippen molar-refractivity contribution in [3.8, 4) is 0 Å². The van der Waals surface area contributed by atoms with E-state index in [1.54, 1.807) is 0 Å². The molecule has 0 aromatic carbocycles. The number of urea groups is 1. The summed E-state index contributed by atoms with van der Waals surface area (Å²) in [6.45, 7) is 4.97. The highest BCUT2D eigenvalue weighted by Crippen LogP contribution is 2.15. The molecule has 1 N–H and O–H groups in total. The van der Waals surface area contributed by atoms with Crippen LogP contribution in [-0.4, -0.2) is 42.6 Å². The number of carbonyl (C=O) groups is 1. The number of amides is 2. The minimum atomic E-state index is 0.144. The van der Waals surface area contributed by atoms with Gasteiger partial charge in [-0.3, -0.25) is 0 Å². The number of hydrogen-bond acceptors (Lipinski definition) is 2. The maximum atomic E-state index is 11.9. The van der Waals surface area contributed by atoms with E-state index in [9.17, 15) is 4.79 Å². The molecule has 0 aromatic heterocycles. The molecule has 3 nitrogen and oxygen atoms in total. The molecule has 1 saturated heterocycles. The Labute approximate surface area is 116 Å². The highest BCUT2D eigenvalue weighted by Gasteiger charge is 2.19. The quantitative estimate of drug-likeness (QED) is 0.721. The zero-order valence-corrected chi connectivity index (χ0v) is 12.7. The average Bonchev–Trinajstić information content (AvgIpc) is 2.38. The number of hydrogen-bond donors (Lipinski definition) is 1. The lowest BCUT2D eigenvalue weighted by Gasteiger charge is -2.30. The van der Waals surface area contributed by atoms with Crippen molar-refractivity contribution in [1.29, 1.82) is 0 Å². The molecular weight excluding hydrogens is 244 g/mol. The molecule has 0 aromatic rings. The van der Waals surface area contributed by atoms with Crippen LogP contribution in [0.1, 0.15) is 45.4 Å². The summed E-state index contributed by atoms with van der Waals surface area (Å²) in [5, 5.41) is 3.04. The van der Waals surface area contributed by atoms with Crippen LogP contribution >= 0.6 is 11.8 Å². The van der Waals surface area contributed by atoms with E-state index in [0.717, 1.165) is 44.8 Å². The van der Waals surface area contributed by atoms with Crippen LogP contribution in [0.25, 0.3) is 0 Å². The van der Waals surface area contributed by atoms with E-state index in [4.69, 9.17) is 0 Å². The summed E-state index contributed by atoms with van der Waals surface area (Å²) in [6.07, 6.45) is 9.41. The number of rotatable bonds is 7. The zero-order chi connectivity index (χ0) is 13.2. The lowest BCUT2D eigenvalue weighted by atomic mass is 10.00. The first kappa shape index (κ1) is 15.7. The Morgan fingerprint density at radius 1 is 1.22 bits per heavy atom. The van der Waals surface area contributed by atoms with E-state index >= 15 is 0 Å². The van der Waals surface area contributed by atoms with E-state index in [2.05, 4.69) is 18.5 Å². The Morgan fingerprint density at radius 3 is 2.56 bits per heavy atom. The second-order valence-electron chi connectivity index (χ2n) is 5.31. The summed E-state index contributed by atoms with van der Waals surface area (Å²) in [7, 11) is 0. The van der Waals surface area contributed by atoms with Gasteiger partial charge >= 0.3 is 6.03 Å². The lowest BCUT2D eigenvalue weighted by molar-refractivity contribution is 0.174. The van der Waals surface area contributed by atoms with Gasteiger partial charge in [0.2, 0.25) is 0 Å². The molecule has 0 saturated carbocycles. The fourth-order valence-corrected chi connectivity index (χ4v) is 2.74. The number of nitrogens with zero attached hydrogens (tertiary/aromatic N) is 1. The number of piperidine rings is 1. The Bertz CT molecular complexity index is 228. The molecule has 0 radical (unpaired) electrons.